The van der Waals surface area contributed by atoms with Crippen LogP contribution in [0, 0.1) is 6.92 Å². The molecule has 1 aromatic rings. The molecule has 0 spiro atoms. The zero-order valence-electron chi connectivity index (χ0n) is 9.55. The Hall–Kier alpha value is -0.770. The normalized spacial score (nSPS) is 20.8. The van der Waals surface area contributed by atoms with Crippen molar-refractivity contribution in [2.75, 3.05) is 26.9 Å². The predicted molar refractivity (Wildman–Crippen MR) is 64.3 cm³/mol. The van der Waals surface area contributed by atoms with Gasteiger partial charge in [0.15, 0.2) is 0 Å². The molecule has 88 valence electrons. The first-order valence-electron chi connectivity index (χ1n) is 5.37. The summed E-state index contributed by atoms with van der Waals surface area (Å²) >= 11 is 6.13. The van der Waals surface area contributed by atoms with Gasteiger partial charge >= 0.3 is 0 Å². The molecular weight excluding hydrogens is 226 g/mol. The summed E-state index contributed by atoms with van der Waals surface area (Å²) in [5, 5.41) is 4.09. The summed E-state index contributed by atoms with van der Waals surface area (Å²) < 4.78 is 10.7. The second-order valence-electron chi connectivity index (χ2n) is 3.94. The van der Waals surface area contributed by atoms with Crippen molar-refractivity contribution < 1.29 is 9.47 Å². The van der Waals surface area contributed by atoms with Crippen molar-refractivity contribution in [3.05, 3.63) is 28.3 Å². The highest BCUT2D eigenvalue weighted by atomic mass is 35.5. The zero-order chi connectivity index (χ0) is 11.5. The van der Waals surface area contributed by atoms with Crippen LogP contribution in [-0.2, 0) is 4.74 Å². The number of halogens is 1. The molecule has 16 heavy (non-hydrogen) atoms. The highest BCUT2D eigenvalue weighted by Crippen LogP contribution is 2.31. The van der Waals surface area contributed by atoms with Gasteiger partial charge < -0.3 is 14.8 Å². The van der Waals surface area contributed by atoms with E-state index in [0.29, 0.717) is 11.6 Å². The molecule has 1 heterocycles. The Morgan fingerprint density at radius 1 is 1.50 bits per heavy atom. The number of rotatable bonds is 2. The van der Waals surface area contributed by atoms with E-state index in [9.17, 15) is 0 Å². The van der Waals surface area contributed by atoms with Gasteiger partial charge in [0.25, 0.3) is 0 Å². The van der Waals surface area contributed by atoms with E-state index in [1.54, 1.807) is 7.11 Å². The van der Waals surface area contributed by atoms with Crippen molar-refractivity contribution in [3.8, 4) is 5.75 Å². The molecule has 0 saturated carbocycles. The average molecular weight is 242 g/mol. The Morgan fingerprint density at radius 3 is 2.94 bits per heavy atom. The number of morpholine rings is 1. The lowest BCUT2D eigenvalue weighted by Gasteiger charge is -2.25. The Morgan fingerprint density at radius 2 is 2.31 bits per heavy atom. The van der Waals surface area contributed by atoms with Gasteiger partial charge in [-0.1, -0.05) is 17.7 Å². The van der Waals surface area contributed by atoms with Crippen LogP contribution in [-0.4, -0.2) is 26.9 Å². The van der Waals surface area contributed by atoms with Gasteiger partial charge in [0.05, 0.1) is 31.4 Å². The summed E-state index contributed by atoms with van der Waals surface area (Å²) in [6.07, 6.45) is 0. The summed E-state index contributed by atoms with van der Waals surface area (Å²) in [5.41, 5.74) is 2.20. The minimum atomic E-state index is 0.235. The Balaban J connectivity index is 2.29. The first-order valence-corrected chi connectivity index (χ1v) is 5.75. The summed E-state index contributed by atoms with van der Waals surface area (Å²) in [5.74, 6) is 0.726. The van der Waals surface area contributed by atoms with Gasteiger partial charge in [0.1, 0.15) is 5.75 Å². The molecule has 0 amide bonds. The van der Waals surface area contributed by atoms with E-state index in [4.69, 9.17) is 21.1 Å². The maximum atomic E-state index is 6.13. The first-order chi connectivity index (χ1) is 7.72. The number of ether oxygens (including phenoxy) is 2. The third kappa shape index (κ3) is 2.32. The van der Waals surface area contributed by atoms with Crippen LogP contribution < -0.4 is 10.1 Å². The quantitative estimate of drug-likeness (QED) is 0.862. The summed E-state index contributed by atoms with van der Waals surface area (Å²) in [7, 11) is 1.63. The first kappa shape index (κ1) is 11.7. The largest absolute Gasteiger partial charge is 0.495 e. The van der Waals surface area contributed by atoms with E-state index in [1.165, 1.54) is 5.56 Å². The topological polar surface area (TPSA) is 30.5 Å². The van der Waals surface area contributed by atoms with E-state index in [2.05, 4.69) is 11.4 Å². The number of nitrogens with one attached hydrogen (secondary N) is 1. The monoisotopic (exact) mass is 241 g/mol. The van der Waals surface area contributed by atoms with Crippen molar-refractivity contribution in [3.63, 3.8) is 0 Å². The standard InChI is InChI=1S/C12H16ClNO2/c1-8-5-9(6-11(15-2)12(8)13)10-7-16-4-3-14-10/h5-6,10,14H,3-4,7H2,1-2H3. The minimum Gasteiger partial charge on any atom is -0.495 e. The molecule has 0 aliphatic carbocycles. The lowest BCUT2D eigenvalue weighted by Crippen LogP contribution is -2.34. The lowest BCUT2D eigenvalue weighted by molar-refractivity contribution is 0.0768. The summed E-state index contributed by atoms with van der Waals surface area (Å²) in [4.78, 5) is 0. The fourth-order valence-corrected chi connectivity index (χ4v) is 2.08. The molecule has 1 fully saturated rings. The number of aryl methyl sites for hydroxylation is 1. The molecular formula is C12H16ClNO2. The molecule has 1 aromatic carbocycles. The van der Waals surface area contributed by atoms with Crippen LogP contribution in [0.25, 0.3) is 0 Å². The van der Waals surface area contributed by atoms with E-state index >= 15 is 0 Å². The SMILES string of the molecule is COc1cc(C2COCCN2)cc(C)c1Cl. The average Bonchev–Trinajstić information content (AvgIpc) is 2.33. The van der Waals surface area contributed by atoms with E-state index in [-0.39, 0.29) is 6.04 Å². The van der Waals surface area contributed by atoms with Gasteiger partial charge in [-0.05, 0) is 24.1 Å². The minimum absolute atomic E-state index is 0.235. The molecule has 1 aliphatic rings. The molecule has 1 aliphatic heterocycles. The molecule has 0 radical (unpaired) electrons. The Bertz CT molecular complexity index is 376. The van der Waals surface area contributed by atoms with Crippen LogP contribution in [0.3, 0.4) is 0 Å². The van der Waals surface area contributed by atoms with Gasteiger partial charge in [-0.2, -0.15) is 0 Å². The van der Waals surface area contributed by atoms with Crippen LogP contribution in [0.4, 0.5) is 0 Å². The number of hydrogen-bond acceptors (Lipinski definition) is 3. The second kappa shape index (κ2) is 5.04. The fraction of sp³-hybridized carbons (Fsp3) is 0.500. The van der Waals surface area contributed by atoms with Crippen molar-refractivity contribution >= 4 is 11.6 Å². The van der Waals surface area contributed by atoms with Gasteiger partial charge in [-0.15, -0.1) is 0 Å². The van der Waals surface area contributed by atoms with E-state index < -0.39 is 0 Å². The van der Waals surface area contributed by atoms with Gasteiger partial charge in [0, 0.05) is 6.54 Å². The van der Waals surface area contributed by atoms with E-state index in [1.807, 2.05) is 13.0 Å². The maximum absolute atomic E-state index is 6.13. The number of hydrogen-bond donors (Lipinski definition) is 1. The van der Waals surface area contributed by atoms with Crippen LogP contribution in [0.5, 0.6) is 5.75 Å². The highest BCUT2D eigenvalue weighted by molar-refractivity contribution is 6.32. The second-order valence-corrected chi connectivity index (χ2v) is 4.31. The molecule has 1 unspecified atom stereocenters. The molecule has 1 N–H and O–H groups in total. The van der Waals surface area contributed by atoms with Crippen molar-refractivity contribution in [1.82, 2.24) is 5.32 Å². The summed E-state index contributed by atoms with van der Waals surface area (Å²) in [6, 6.07) is 4.29. The van der Waals surface area contributed by atoms with Crippen LogP contribution >= 0.6 is 11.6 Å². The van der Waals surface area contributed by atoms with Gasteiger partial charge in [-0.25, -0.2) is 0 Å². The van der Waals surface area contributed by atoms with Crippen LogP contribution in [0.15, 0.2) is 12.1 Å². The van der Waals surface area contributed by atoms with Crippen LogP contribution in [0.2, 0.25) is 5.02 Å². The molecule has 3 nitrogen and oxygen atoms in total. The molecule has 4 heteroatoms. The van der Waals surface area contributed by atoms with E-state index in [0.717, 1.165) is 24.5 Å². The molecule has 2 rings (SSSR count). The van der Waals surface area contributed by atoms with Crippen molar-refractivity contribution in [2.45, 2.75) is 13.0 Å². The molecule has 1 atom stereocenters. The third-order valence-electron chi connectivity index (χ3n) is 2.79. The smallest absolute Gasteiger partial charge is 0.138 e. The fourth-order valence-electron chi connectivity index (χ4n) is 1.89. The molecule has 1 saturated heterocycles. The summed E-state index contributed by atoms with van der Waals surface area (Å²) in [6.45, 7) is 4.34. The van der Waals surface area contributed by atoms with Crippen molar-refractivity contribution in [1.29, 1.82) is 0 Å². The Kier molecular flexibility index (Phi) is 3.69. The number of benzene rings is 1. The predicted octanol–water partition coefficient (Wildman–Crippen LogP) is 2.32. The molecule has 0 aromatic heterocycles. The zero-order valence-corrected chi connectivity index (χ0v) is 10.3. The van der Waals surface area contributed by atoms with Crippen LogP contribution in [0.1, 0.15) is 17.2 Å². The number of methoxy groups -OCH3 is 1. The van der Waals surface area contributed by atoms with Gasteiger partial charge in [-0.3, -0.25) is 0 Å². The lowest BCUT2D eigenvalue weighted by atomic mass is 10.0. The maximum Gasteiger partial charge on any atom is 0.138 e. The van der Waals surface area contributed by atoms with Gasteiger partial charge in [0.2, 0.25) is 0 Å². The third-order valence-corrected chi connectivity index (χ3v) is 3.27. The molecule has 0 bridgehead atoms. The highest BCUT2D eigenvalue weighted by Gasteiger charge is 2.17. The van der Waals surface area contributed by atoms with Crippen molar-refractivity contribution in [2.24, 2.45) is 0 Å². The Labute approximate surface area is 101 Å².